The minimum atomic E-state index is -4.34. The molecule has 1 aromatic carbocycles. The van der Waals surface area contributed by atoms with Gasteiger partial charge in [-0.15, -0.1) is 5.10 Å². The van der Waals surface area contributed by atoms with Crippen molar-refractivity contribution in [3.8, 4) is 11.8 Å². The molecule has 0 radical (unpaired) electrons. The summed E-state index contributed by atoms with van der Waals surface area (Å²) in [5, 5.41) is 14.8. The molecule has 1 aliphatic heterocycles. The molecule has 0 unspecified atom stereocenters. The van der Waals surface area contributed by atoms with Crippen LogP contribution < -0.4 is 5.32 Å². The van der Waals surface area contributed by atoms with Crippen LogP contribution in [0.3, 0.4) is 0 Å². The van der Waals surface area contributed by atoms with Crippen molar-refractivity contribution in [1.82, 2.24) is 25.0 Å². The molecule has 4 rings (SSSR count). The maximum Gasteiger partial charge on any atom is 0.389 e. The number of amides is 2. The molecule has 1 saturated heterocycles. The smallest absolute Gasteiger partial charge is 0.336 e. The lowest BCUT2D eigenvalue weighted by atomic mass is 10.1. The standard InChI is InChI=1S/C23H24ClF3N6O4S/c24-21-29-14-33(31-21)15-4-6-16(7-5-15)38(36,37)17-11-18(20(35)30-22(13-28)9-10-22)32(12-17)19(34)3-1-2-8-23(25,26)27/h4-7,14,17-18H,1-3,8-12H2,(H,30,35)/t17-,18+/m1/s1. The second kappa shape index (κ2) is 10.5. The van der Waals surface area contributed by atoms with Crippen LogP contribution in [0.5, 0.6) is 0 Å². The van der Waals surface area contributed by atoms with Crippen LogP contribution in [-0.4, -0.2) is 69.4 Å². The number of hydrogen-bond acceptors (Lipinski definition) is 7. The molecule has 15 heteroatoms. The van der Waals surface area contributed by atoms with Crippen molar-refractivity contribution in [1.29, 1.82) is 5.26 Å². The number of nitrogens with one attached hydrogen (secondary N) is 1. The molecule has 10 nitrogen and oxygen atoms in total. The fourth-order valence-corrected chi connectivity index (χ4v) is 6.17. The Morgan fingerprint density at radius 3 is 2.45 bits per heavy atom. The maximum atomic E-state index is 13.4. The van der Waals surface area contributed by atoms with Gasteiger partial charge in [0.15, 0.2) is 9.84 Å². The van der Waals surface area contributed by atoms with Crippen molar-refractivity contribution in [2.45, 2.75) is 72.8 Å². The molecule has 2 aromatic rings. The predicted molar refractivity (Wildman–Crippen MR) is 128 cm³/mol. The number of carbonyl (C=O) groups is 2. The van der Waals surface area contributed by atoms with E-state index in [4.69, 9.17) is 11.6 Å². The number of benzene rings is 1. The first-order valence-corrected chi connectivity index (χ1v) is 13.8. The molecule has 38 heavy (non-hydrogen) atoms. The Labute approximate surface area is 221 Å². The van der Waals surface area contributed by atoms with Gasteiger partial charge in [-0.1, -0.05) is 0 Å². The predicted octanol–water partition coefficient (Wildman–Crippen LogP) is 2.96. The number of unbranched alkanes of at least 4 members (excludes halogenated alkanes) is 1. The third kappa shape index (κ3) is 6.27. The van der Waals surface area contributed by atoms with Crippen molar-refractivity contribution in [3.05, 3.63) is 35.9 Å². The minimum Gasteiger partial charge on any atom is -0.336 e. The van der Waals surface area contributed by atoms with Gasteiger partial charge in [0, 0.05) is 19.4 Å². The first-order chi connectivity index (χ1) is 17.8. The number of nitrogens with zero attached hydrogens (tertiary/aromatic N) is 5. The van der Waals surface area contributed by atoms with Crippen LogP contribution in [0.1, 0.15) is 44.9 Å². The number of alkyl halides is 3. The van der Waals surface area contributed by atoms with Gasteiger partial charge >= 0.3 is 6.18 Å². The van der Waals surface area contributed by atoms with E-state index in [9.17, 15) is 36.4 Å². The van der Waals surface area contributed by atoms with E-state index in [0.717, 1.165) is 4.90 Å². The monoisotopic (exact) mass is 572 g/mol. The van der Waals surface area contributed by atoms with Crippen molar-refractivity contribution >= 4 is 33.3 Å². The van der Waals surface area contributed by atoms with E-state index in [1.165, 1.54) is 35.3 Å². The zero-order chi connectivity index (χ0) is 27.7. The first kappa shape index (κ1) is 27.8. The molecule has 2 heterocycles. The molecular weight excluding hydrogens is 549 g/mol. The zero-order valence-corrected chi connectivity index (χ0v) is 21.6. The van der Waals surface area contributed by atoms with E-state index in [0.29, 0.717) is 18.5 Å². The van der Waals surface area contributed by atoms with Crippen LogP contribution in [0.2, 0.25) is 5.28 Å². The second-order valence-electron chi connectivity index (χ2n) is 9.42. The van der Waals surface area contributed by atoms with Gasteiger partial charge in [-0.05, 0) is 68.0 Å². The summed E-state index contributed by atoms with van der Waals surface area (Å²) in [6, 6.07) is 6.60. The number of sulfone groups is 1. The fraction of sp³-hybridized carbons (Fsp3) is 0.522. The van der Waals surface area contributed by atoms with Gasteiger partial charge in [-0.3, -0.25) is 9.59 Å². The Hall–Kier alpha value is -3.18. The van der Waals surface area contributed by atoms with E-state index in [1.54, 1.807) is 0 Å². The molecular formula is C23H24ClF3N6O4S. The topological polar surface area (TPSA) is 138 Å². The highest BCUT2D eigenvalue weighted by atomic mass is 35.5. The number of halogens is 4. The summed E-state index contributed by atoms with van der Waals surface area (Å²) < 4.78 is 65.6. The molecule has 1 N–H and O–H groups in total. The van der Waals surface area contributed by atoms with Crippen LogP contribution in [-0.2, 0) is 19.4 Å². The summed E-state index contributed by atoms with van der Waals surface area (Å²) in [5.74, 6) is -1.26. The molecule has 0 spiro atoms. The first-order valence-electron chi connectivity index (χ1n) is 11.8. The van der Waals surface area contributed by atoms with E-state index in [1.807, 2.05) is 6.07 Å². The summed E-state index contributed by atoms with van der Waals surface area (Å²) in [6.07, 6.45) is -3.92. The van der Waals surface area contributed by atoms with Crippen molar-refractivity contribution in [2.75, 3.05) is 6.54 Å². The maximum absolute atomic E-state index is 13.4. The normalized spacial score (nSPS) is 20.7. The second-order valence-corrected chi connectivity index (χ2v) is 12.0. The zero-order valence-electron chi connectivity index (χ0n) is 20.0. The highest BCUT2D eigenvalue weighted by Crippen LogP contribution is 2.36. The van der Waals surface area contributed by atoms with Crippen molar-refractivity contribution < 1.29 is 31.2 Å². The lowest BCUT2D eigenvalue weighted by Crippen LogP contribution is -2.49. The quantitative estimate of drug-likeness (QED) is 0.456. The summed E-state index contributed by atoms with van der Waals surface area (Å²) >= 11 is 5.72. The number of aromatic nitrogens is 3. The summed E-state index contributed by atoms with van der Waals surface area (Å²) in [6.45, 7) is -0.293. The number of nitriles is 1. The van der Waals surface area contributed by atoms with Crippen LogP contribution in [0.25, 0.3) is 5.69 Å². The third-order valence-electron chi connectivity index (χ3n) is 6.65. The molecule has 2 fully saturated rings. The van der Waals surface area contributed by atoms with Crippen LogP contribution in [0, 0.1) is 11.3 Å². The highest BCUT2D eigenvalue weighted by Gasteiger charge is 2.50. The number of rotatable bonds is 9. The van der Waals surface area contributed by atoms with E-state index >= 15 is 0 Å². The average molecular weight is 573 g/mol. The largest absolute Gasteiger partial charge is 0.389 e. The number of hydrogen-bond donors (Lipinski definition) is 1. The molecule has 2 atom stereocenters. The molecule has 0 bridgehead atoms. The number of carbonyl (C=O) groups excluding carboxylic acids is 2. The van der Waals surface area contributed by atoms with E-state index in [-0.39, 0.29) is 42.4 Å². The van der Waals surface area contributed by atoms with E-state index < -0.39 is 51.1 Å². The summed E-state index contributed by atoms with van der Waals surface area (Å²) in [4.78, 5) is 30.8. The fourth-order valence-electron chi connectivity index (χ4n) is 4.35. The highest BCUT2D eigenvalue weighted by molar-refractivity contribution is 7.92. The number of likely N-dealkylation sites (tertiary alicyclic amines) is 1. The van der Waals surface area contributed by atoms with Gasteiger partial charge in [0.05, 0.1) is 21.9 Å². The van der Waals surface area contributed by atoms with Gasteiger partial charge in [0.25, 0.3) is 0 Å². The van der Waals surface area contributed by atoms with Crippen LogP contribution in [0.4, 0.5) is 13.2 Å². The van der Waals surface area contributed by atoms with Gasteiger partial charge < -0.3 is 10.2 Å². The SMILES string of the molecule is N#CC1(NC(=O)[C@@H]2C[C@@H](S(=O)(=O)c3ccc(-n4cnc(Cl)n4)cc3)CN2C(=O)CCCCC(F)(F)F)CC1. The van der Waals surface area contributed by atoms with Crippen molar-refractivity contribution in [2.24, 2.45) is 0 Å². The lowest BCUT2D eigenvalue weighted by Gasteiger charge is -2.25. The Morgan fingerprint density at radius 1 is 1.21 bits per heavy atom. The van der Waals surface area contributed by atoms with Gasteiger partial charge in [0.1, 0.15) is 17.9 Å². The van der Waals surface area contributed by atoms with Crippen LogP contribution >= 0.6 is 11.6 Å². The molecule has 1 aliphatic carbocycles. The Bertz CT molecular complexity index is 1350. The Balaban J connectivity index is 1.50. The molecule has 1 aromatic heterocycles. The average Bonchev–Trinajstić information content (AvgIpc) is 3.26. The Kier molecular flexibility index (Phi) is 7.72. The third-order valence-corrected chi connectivity index (χ3v) is 8.97. The molecule has 204 valence electrons. The minimum absolute atomic E-state index is 0.0181. The molecule has 2 amide bonds. The molecule has 1 saturated carbocycles. The Morgan fingerprint density at radius 2 is 1.89 bits per heavy atom. The van der Waals surface area contributed by atoms with E-state index in [2.05, 4.69) is 15.4 Å². The summed E-state index contributed by atoms with van der Waals surface area (Å²) in [5.41, 5.74) is -0.524. The molecule has 2 aliphatic rings. The van der Waals surface area contributed by atoms with Gasteiger partial charge in [0.2, 0.25) is 17.1 Å². The van der Waals surface area contributed by atoms with Gasteiger partial charge in [-0.25, -0.2) is 18.1 Å². The summed E-state index contributed by atoms with van der Waals surface area (Å²) in [7, 11) is -4.00. The van der Waals surface area contributed by atoms with Crippen LogP contribution in [0.15, 0.2) is 35.5 Å². The van der Waals surface area contributed by atoms with Gasteiger partial charge in [-0.2, -0.15) is 18.4 Å². The van der Waals surface area contributed by atoms with Crippen molar-refractivity contribution in [3.63, 3.8) is 0 Å². The lowest BCUT2D eigenvalue weighted by molar-refractivity contribution is -0.140.